The van der Waals surface area contributed by atoms with Crippen molar-refractivity contribution < 1.29 is 4.79 Å². The molecule has 2 aromatic carbocycles. The molecule has 0 aliphatic heterocycles. The molecule has 0 atom stereocenters. The third-order valence-corrected chi connectivity index (χ3v) is 3.64. The van der Waals surface area contributed by atoms with Gasteiger partial charge in [0.25, 0.3) is 0 Å². The smallest absolute Gasteiger partial charge is 0.247 e. The third-order valence-electron chi connectivity index (χ3n) is 3.64. The van der Waals surface area contributed by atoms with Crippen LogP contribution in [-0.2, 0) is 4.79 Å². The number of pyridine rings is 1. The van der Waals surface area contributed by atoms with Crippen LogP contribution in [0.5, 0.6) is 0 Å². The van der Waals surface area contributed by atoms with Crippen molar-refractivity contribution in [3.05, 3.63) is 67.4 Å². The molecule has 2 N–H and O–H groups in total. The first-order valence-corrected chi connectivity index (χ1v) is 7.31. The topological polar surface area (TPSA) is 54.0 Å². The van der Waals surface area contributed by atoms with Gasteiger partial charge in [-0.15, -0.1) is 0 Å². The van der Waals surface area contributed by atoms with Crippen LogP contribution in [0.1, 0.15) is 0 Å². The maximum absolute atomic E-state index is 11.4. The molecule has 0 bridgehead atoms. The van der Waals surface area contributed by atoms with Gasteiger partial charge in [-0.05, 0) is 30.3 Å². The molecule has 0 aliphatic rings. The molecule has 4 nitrogen and oxygen atoms in total. The molecule has 0 saturated heterocycles. The number of hydrogen-bond donors (Lipinski definition) is 2. The molecule has 0 radical (unpaired) electrons. The normalized spacial score (nSPS) is 10.3. The van der Waals surface area contributed by atoms with E-state index in [-0.39, 0.29) is 5.91 Å². The highest BCUT2D eigenvalue weighted by molar-refractivity contribution is 5.99. The van der Waals surface area contributed by atoms with Gasteiger partial charge in [-0.3, -0.25) is 9.78 Å². The van der Waals surface area contributed by atoms with Gasteiger partial charge >= 0.3 is 0 Å². The largest absolute Gasteiger partial charge is 0.388 e. The molecule has 1 heterocycles. The number of hydrogen-bond acceptors (Lipinski definition) is 3. The van der Waals surface area contributed by atoms with Crippen LogP contribution in [0.15, 0.2) is 67.4 Å². The van der Waals surface area contributed by atoms with Gasteiger partial charge in [0.1, 0.15) is 0 Å². The molecule has 23 heavy (non-hydrogen) atoms. The predicted molar refractivity (Wildman–Crippen MR) is 95.6 cm³/mol. The van der Waals surface area contributed by atoms with Crippen LogP contribution in [0.3, 0.4) is 0 Å². The molecule has 4 heteroatoms. The highest BCUT2D eigenvalue weighted by Crippen LogP contribution is 2.28. The van der Waals surface area contributed by atoms with E-state index in [1.807, 2.05) is 55.7 Å². The van der Waals surface area contributed by atoms with Crippen LogP contribution < -0.4 is 10.6 Å². The lowest BCUT2D eigenvalue weighted by Crippen LogP contribution is -2.07. The maximum atomic E-state index is 11.4. The Balaban J connectivity index is 2.04. The molecule has 0 aliphatic carbocycles. The Kier molecular flexibility index (Phi) is 4.06. The number of carbonyl (C=O) groups excluding carboxylic acids is 1. The Morgan fingerprint density at radius 1 is 1.17 bits per heavy atom. The van der Waals surface area contributed by atoms with Crippen molar-refractivity contribution >= 4 is 28.1 Å². The lowest BCUT2D eigenvalue weighted by Gasteiger charge is -2.09. The molecule has 114 valence electrons. The highest BCUT2D eigenvalue weighted by atomic mass is 16.1. The highest BCUT2D eigenvalue weighted by Gasteiger charge is 2.06. The van der Waals surface area contributed by atoms with E-state index in [9.17, 15) is 4.79 Å². The summed E-state index contributed by atoms with van der Waals surface area (Å²) in [7, 11) is 1.90. The van der Waals surface area contributed by atoms with E-state index in [2.05, 4.69) is 28.3 Å². The fourth-order valence-electron chi connectivity index (χ4n) is 2.50. The molecule has 3 aromatic rings. The number of benzene rings is 2. The second kappa shape index (κ2) is 6.32. The first-order chi connectivity index (χ1) is 11.2. The Morgan fingerprint density at radius 3 is 2.78 bits per heavy atom. The zero-order valence-electron chi connectivity index (χ0n) is 12.8. The molecular formula is C19H17N3O. The lowest BCUT2D eigenvalue weighted by atomic mass is 10.1. The quantitative estimate of drug-likeness (QED) is 0.714. The fourth-order valence-corrected chi connectivity index (χ4v) is 2.50. The first kappa shape index (κ1) is 14.8. The summed E-state index contributed by atoms with van der Waals surface area (Å²) >= 11 is 0. The number of amides is 1. The summed E-state index contributed by atoms with van der Waals surface area (Å²) in [6.07, 6.45) is 3.11. The number of anilines is 2. The van der Waals surface area contributed by atoms with E-state index in [0.717, 1.165) is 33.4 Å². The number of rotatable bonds is 4. The monoisotopic (exact) mass is 303 g/mol. The summed E-state index contributed by atoms with van der Waals surface area (Å²) in [6.45, 7) is 3.46. The minimum atomic E-state index is -0.230. The third kappa shape index (κ3) is 3.06. The average Bonchev–Trinajstić information content (AvgIpc) is 2.60. The summed E-state index contributed by atoms with van der Waals surface area (Å²) in [5, 5.41) is 8.15. The van der Waals surface area contributed by atoms with Crippen molar-refractivity contribution in [2.45, 2.75) is 0 Å². The SMILES string of the molecule is C=CC(=O)Nc1cccc(-c2cc3c(NC)cccc3cn2)c1. The van der Waals surface area contributed by atoms with Crippen LogP contribution in [0.2, 0.25) is 0 Å². The van der Waals surface area contributed by atoms with Gasteiger partial charge in [0.05, 0.1) is 5.69 Å². The average molecular weight is 303 g/mol. The van der Waals surface area contributed by atoms with E-state index in [0.29, 0.717) is 0 Å². The van der Waals surface area contributed by atoms with Crippen LogP contribution in [0.25, 0.3) is 22.0 Å². The molecule has 0 unspecified atom stereocenters. The molecular weight excluding hydrogens is 286 g/mol. The van der Waals surface area contributed by atoms with Crippen LogP contribution in [0.4, 0.5) is 11.4 Å². The number of fused-ring (bicyclic) bond motifs is 1. The van der Waals surface area contributed by atoms with Gasteiger partial charge in [0.2, 0.25) is 5.91 Å². The lowest BCUT2D eigenvalue weighted by molar-refractivity contribution is -0.111. The van der Waals surface area contributed by atoms with Crippen molar-refractivity contribution in [1.82, 2.24) is 4.98 Å². The zero-order chi connectivity index (χ0) is 16.2. The first-order valence-electron chi connectivity index (χ1n) is 7.31. The summed E-state index contributed by atoms with van der Waals surface area (Å²) in [5.74, 6) is -0.230. The van der Waals surface area contributed by atoms with E-state index in [1.165, 1.54) is 6.08 Å². The molecule has 1 amide bonds. The molecule has 0 saturated carbocycles. The van der Waals surface area contributed by atoms with Crippen molar-refractivity contribution in [2.24, 2.45) is 0 Å². The fraction of sp³-hybridized carbons (Fsp3) is 0.0526. The molecule has 1 aromatic heterocycles. The summed E-state index contributed by atoms with van der Waals surface area (Å²) in [5.41, 5.74) is 3.58. The van der Waals surface area contributed by atoms with Crippen LogP contribution in [-0.4, -0.2) is 17.9 Å². The Morgan fingerprint density at radius 2 is 2.00 bits per heavy atom. The summed E-state index contributed by atoms with van der Waals surface area (Å²) in [6, 6.07) is 15.7. The predicted octanol–water partition coefficient (Wildman–Crippen LogP) is 4.07. The van der Waals surface area contributed by atoms with E-state index in [4.69, 9.17) is 0 Å². The molecule has 3 rings (SSSR count). The van der Waals surface area contributed by atoms with Gasteiger partial charge in [-0.1, -0.05) is 30.8 Å². The van der Waals surface area contributed by atoms with Gasteiger partial charge < -0.3 is 10.6 Å². The van der Waals surface area contributed by atoms with Crippen molar-refractivity contribution in [2.75, 3.05) is 17.7 Å². The van der Waals surface area contributed by atoms with Crippen LogP contribution >= 0.6 is 0 Å². The number of aromatic nitrogens is 1. The maximum Gasteiger partial charge on any atom is 0.247 e. The second-order valence-corrected chi connectivity index (χ2v) is 5.12. The Labute approximate surface area is 134 Å². The minimum absolute atomic E-state index is 0.230. The van der Waals surface area contributed by atoms with E-state index >= 15 is 0 Å². The molecule has 0 fully saturated rings. The number of nitrogens with one attached hydrogen (secondary N) is 2. The standard InChI is InChI=1S/C19H17N3O/c1-3-19(23)22-15-8-4-6-13(10-15)18-11-16-14(12-21-18)7-5-9-17(16)20-2/h3-12,20H,1H2,2H3,(H,22,23). The van der Waals surface area contributed by atoms with Crippen molar-refractivity contribution in [3.8, 4) is 11.3 Å². The summed E-state index contributed by atoms with van der Waals surface area (Å²) in [4.78, 5) is 16.0. The van der Waals surface area contributed by atoms with Gasteiger partial charge in [0.15, 0.2) is 0 Å². The van der Waals surface area contributed by atoms with Gasteiger partial charge in [0, 0.05) is 41.0 Å². The molecule has 0 spiro atoms. The second-order valence-electron chi connectivity index (χ2n) is 5.12. The van der Waals surface area contributed by atoms with Crippen LogP contribution in [0, 0.1) is 0 Å². The van der Waals surface area contributed by atoms with Crippen molar-refractivity contribution in [3.63, 3.8) is 0 Å². The minimum Gasteiger partial charge on any atom is -0.388 e. The van der Waals surface area contributed by atoms with E-state index < -0.39 is 0 Å². The Hall–Kier alpha value is -3.14. The van der Waals surface area contributed by atoms with Crippen molar-refractivity contribution in [1.29, 1.82) is 0 Å². The van der Waals surface area contributed by atoms with Gasteiger partial charge in [-0.2, -0.15) is 0 Å². The van der Waals surface area contributed by atoms with Gasteiger partial charge in [-0.25, -0.2) is 0 Å². The zero-order valence-corrected chi connectivity index (χ0v) is 12.8. The van der Waals surface area contributed by atoms with E-state index in [1.54, 1.807) is 0 Å². The number of nitrogens with zero attached hydrogens (tertiary/aromatic N) is 1. The number of carbonyl (C=O) groups is 1. The Bertz CT molecular complexity index is 887. The summed E-state index contributed by atoms with van der Waals surface area (Å²) < 4.78 is 0.